The smallest absolute Gasteiger partial charge is 0.247 e. The Morgan fingerprint density at radius 2 is 2.28 bits per heavy atom. The molecule has 4 heteroatoms. The van der Waals surface area contributed by atoms with E-state index in [2.05, 4.69) is 29.4 Å². The van der Waals surface area contributed by atoms with Gasteiger partial charge in [0.1, 0.15) is 11.9 Å². The Hall–Kier alpha value is -2.62. The third-order valence-corrected chi connectivity index (χ3v) is 4.81. The van der Waals surface area contributed by atoms with Crippen molar-refractivity contribution < 1.29 is 9.53 Å². The first-order chi connectivity index (χ1) is 12.2. The zero-order valence-corrected chi connectivity index (χ0v) is 14.4. The molecule has 1 aliphatic carbocycles. The van der Waals surface area contributed by atoms with Gasteiger partial charge in [0.25, 0.3) is 0 Å². The van der Waals surface area contributed by atoms with Crippen LogP contribution in [0.4, 0.5) is 0 Å². The van der Waals surface area contributed by atoms with Crippen molar-refractivity contribution in [2.24, 2.45) is 0 Å². The summed E-state index contributed by atoms with van der Waals surface area (Å²) in [7, 11) is 0. The third-order valence-electron chi connectivity index (χ3n) is 4.81. The van der Waals surface area contributed by atoms with E-state index in [0.29, 0.717) is 6.54 Å². The molecule has 2 aliphatic rings. The van der Waals surface area contributed by atoms with Gasteiger partial charge in [0, 0.05) is 23.8 Å². The molecule has 0 saturated carbocycles. The molecule has 2 heterocycles. The second-order valence-electron chi connectivity index (χ2n) is 6.79. The molecule has 1 aromatic carbocycles. The molecule has 0 bridgehead atoms. The topological polar surface area (TPSA) is 51.2 Å². The van der Waals surface area contributed by atoms with E-state index in [1.54, 1.807) is 6.20 Å². The Morgan fingerprint density at radius 1 is 1.36 bits per heavy atom. The number of fused-ring (bicyclic) bond motifs is 1. The molecule has 4 rings (SSSR count). The van der Waals surface area contributed by atoms with Crippen LogP contribution in [0.25, 0.3) is 11.3 Å². The van der Waals surface area contributed by atoms with Crippen LogP contribution >= 0.6 is 0 Å². The second kappa shape index (κ2) is 6.71. The lowest BCUT2D eigenvalue weighted by Crippen LogP contribution is -2.35. The van der Waals surface area contributed by atoms with Gasteiger partial charge in [0.15, 0.2) is 0 Å². The highest BCUT2D eigenvalue weighted by atomic mass is 16.5. The van der Waals surface area contributed by atoms with Crippen LogP contribution in [0.1, 0.15) is 30.4 Å². The maximum atomic E-state index is 12.2. The van der Waals surface area contributed by atoms with E-state index in [1.807, 2.05) is 24.3 Å². The fraction of sp³-hybridized carbons (Fsp3) is 0.333. The lowest BCUT2D eigenvalue weighted by molar-refractivity contribution is -0.117. The summed E-state index contributed by atoms with van der Waals surface area (Å²) in [6, 6.07) is 10.2. The molecule has 0 unspecified atom stereocenters. The van der Waals surface area contributed by atoms with Crippen molar-refractivity contribution in [3.63, 3.8) is 0 Å². The number of hydrogen-bond acceptors (Lipinski definition) is 3. The Morgan fingerprint density at radius 3 is 3.04 bits per heavy atom. The fourth-order valence-corrected chi connectivity index (χ4v) is 3.62. The van der Waals surface area contributed by atoms with Gasteiger partial charge in [0.05, 0.1) is 12.2 Å². The first kappa shape index (κ1) is 15.9. The van der Waals surface area contributed by atoms with E-state index in [0.717, 1.165) is 48.3 Å². The predicted molar refractivity (Wildman–Crippen MR) is 97.5 cm³/mol. The monoisotopic (exact) mass is 334 g/mol. The SMILES string of the molecule is Cc1cc2c(c(-c3ccccn3)c1)O[C@H](CNC(=O)C1=CCCC1)C2. The zero-order valence-electron chi connectivity index (χ0n) is 14.4. The van der Waals surface area contributed by atoms with Crippen molar-refractivity contribution in [1.82, 2.24) is 10.3 Å². The third kappa shape index (κ3) is 3.29. The van der Waals surface area contributed by atoms with Crippen molar-refractivity contribution in [1.29, 1.82) is 0 Å². The average Bonchev–Trinajstić information content (AvgIpc) is 3.29. The zero-order chi connectivity index (χ0) is 17.2. The summed E-state index contributed by atoms with van der Waals surface area (Å²) >= 11 is 0. The van der Waals surface area contributed by atoms with Crippen molar-refractivity contribution in [2.45, 2.75) is 38.7 Å². The minimum absolute atomic E-state index is 0.0229. The predicted octanol–water partition coefficient (Wildman–Crippen LogP) is 3.59. The molecule has 25 heavy (non-hydrogen) atoms. The van der Waals surface area contributed by atoms with Crippen LogP contribution in [0, 0.1) is 6.92 Å². The summed E-state index contributed by atoms with van der Waals surface area (Å²) < 4.78 is 6.19. The van der Waals surface area contributed by atoms with Crippen LogP contribution in [0.5, 0.6) is 5.75 Å². The number of pyridine rings is 1. The maximum Gasteiger partial charge on any atom is 0.247 e. The lowest BCUT2D eigenvalue weighted by Gasteiger charge is -2.14. The van der Waals surface area contributed by atoms with Gasteiger partial charge in [0.2, 0.25) is 5.91 Å². The number of ether oxygens (including phenoxy) is 1. The number of benzene rings is 1. The maximum absolute atomic E-state index is 12.2. The molecule has 0 saturated heterocycles. The van der Waals surface area contributed by atoms with Gasteiger partial charge in [-0.2, -0.15) is 0 Å². The Labute approximate surface area is 147 Å². The minimum atomic E-state index is -0.0229. The average molecular weight is 334 g/mol. The number of rotatable bonds is 4. The van der Waals surface area contributed by atoms with Gasteiger partial charge in [-0.15, -0.1) is 0 Å². The van der Waals surface area contributed by atoms with Crippen molar-refractivity contribution in [3.05, 3.63) is 59.3 Å². The molecule has 1 atom stereocenters. The molecule has 2 aromatic rings. The van der Waals surface area contributed by atoms with Gasteiger partial charge in [-0.05, 0) is 55.5 Å². The van der Waals surface area contributed by atoms with Crippen molar-refractivity contribution in [3.8, 4) is 17.0 Å². The number of nitrogens with zero attached hydrogens (tertiary/aromatic N) is 1. The fourth-order valence-electron chi connectivity index (χ4n) is 3.62. The standard InChI is InChI=1S/C21H22N2O2/c1-14-10-16-12-17(13-23-21(24)15-6-2-3-7-15)25-20(16)18(11-14)19-8-4-5-9-22-19/h4-6,8-11,17H,2-3,7,12-13H2,1H3,(H,23,24)/t17-/m0/s1. The Bertz CT molecular complexity index is 827. The Kier molecular flexibility index (Phi) is 4.26. The molecule has 4 nitrogen and oxygen atoms in total. The molecule has 1 amide bonds. The van der Waals surface area contributed by atoms with E-state index < -0.39 is 0 Å². The van der Waals surface area contributed by atoms with Crippen LogP contribution in [0.3, 0.4) is 0 Å². The van der Waals surface area contributed by atoms with Crippen molar-refractivity contribution in [2.75, 3.05) is 6.54 Å². The highest BCUT2D eigenvalue weighted by Crippen LogP contribution is 2.39. The summed E-state index contributed by atoms with van der Waals surface area (Å²) in [5, 5.41) is 3.03. The van der Waals surface area contributed by atoms with Crippen LogP contribution in [-0.4, -0.2) is 23.5 Å². The number of amides is 1. The highest BCUT2D eigenvalue weighted by molar-refractivity contribution is 5.93. The molecule has 0 radical (unpaired) electrons. The number of nitrogens with one attached hydrogen (secondary N) is 1. The second-order valence-corrected chi connectivity index (χ2v) is 6.79. The highest BCUT2D eigenvalue weighted by Gasteiger charge is 2.27. The van der Waals surface area contributed by atoms with E-state index in [4.69, 9.17) is 4.74 Å². The molecular weight excluding hydrogens is 312 g/mol. The summed E-state index contributed by atoms with van der Waals surface area (Å²) in [4.78, 5) is 16.6. The van der Waals surface area contributed by atoms with Crippen LogP contribution in [-0.2, 0) is 11.2 Å². The van der Waals surface area contributed by atoms with Gasteiger partial charge >= 0.3 is 0 Å². The largest absolute Gasteiger partial charge is 0.487 e. The van der Waals surface area contributed by atoms with Gasteiger partial charge in [-0.25, -0.2) is 0 Å². The van der Waals surface area contributed by atoms with E-state index >= 15 is 0 Å². The number of aromatic nitrogens is 1. The summed E-state index contributed by atoms with van der Waals surface area (Å²) in [5.41, 5.74) is 5.26. The summed E-state index contributed by atoms with van der Waals surface area (Å²) in [6.45, 7) is 2.62. The number of carbonyl (C=O) groups is 1. The van der Waals surface area contributed by atoms with Gasteiger partial charge < -0.3 is 10.1 Å². The molecular formula is C21H22N2O2. The molecule has 1 aliphatic heterocycles. The molecule has 0 spiro atoms. The molecule has 0 fully saturated rings. The summed E-state index contributed by atoms with van der Waals surface area (Å²) in [6.07, 6.45) is 7.62. The van der Waals surface area contributed by atoms with E-state index in [-0.39, 0.29) is 12.0 Å². The van der Waals surface area contributed by atoms with E-state index in [1.165, 1.54) is 11.1 Å². The lowest BCUT2D eigenvalue weighted by atomic mass is 10.0. The van der Waals surface area contributed by atoms with Gasteiger partial charge in [-0.1, -0.05) is 18.2 Å². The number of aryl methyl sites for hydroxylation is 1. The molecule has 128 valence electrons. The number of hydrogen-bond donors (Lipinski definition) is 1. The minimum Gasteiger partial charge on any atom is -0.487 e. The number of carbonyl (C=O) groups excluding carboxylic acids is 1. The number of allylic oxidation sites excluding steroid dienone is 1. The van der Waals surface area contributed by atoms with E-state index in [9.17, 15) is 4.79 Å². The van der Waals surface area contributed by atoms with Crippen molar-refractivity contribution >= 4 is 5.91 Å². The quantitative estimate of drug-likeness (QED) is 0.930. The molecule has 1 N–H and O–H groups in total. The van der Waals surface area contributed by atoms with Crippen LogP contribution in [0.2, 0.25) is 0 Å². The normalized spacial score (nSPS) is 18.4. The summed E-state index contributed by atoms with van der Waals surface area (Å²) in [5.74, 6) is 0.960. The Balaban J connectivity index is 1.49. The molecule has 1 aromatic heterocycles. The first-order valence-corrected chi connectivity index (χ1v) is 8.89. The van der Waals surface area contributed by atoms with Crippen LogP contribution in [0.15, 0.2) is 48.2 Å². The first-order valence-electron chi connectivity index (χ1n) is 8.89. The van der Waals surface area contributed by atoms with Crippen LogP contribution < -0.4 is 10.1 Å². The van der Waals surface area contributed by atoms with Gasteiger partial charge in [-0.3, -0.25) is 9.78 Å².